The van der Waals surface area contributed by atoms with Crippen LogP contribution >= 0.6 is 0 Å². The Kier molecular flexibility index (Phi) is 5.01. The van der Waals surface area contributed by atoms with Gasteiger partial charge in [-0.05, 0) is 25.0 Å². The highest BCUT2D eigenvalue weighted by atomic mass is 16.6. The third-order valence-corrected chi connectivity index (χ3v) is 2.70. The van der Waals surface area contributed by atoms with E-state index in [2.05, 4.69) is 5.32 Å². The number of benzene rings is 1. The highest BCUT2D eigenvalue weighted by Gasteiger charge is 2.16. The average molecular weight is 261 g/mol. The molecule has 1 aromatic rings. The molecule has 0 aliphatic heterocycles. The minimum atomic E-state index is -0.535. The summed E-state index contributed by atoms with van der Waals surface area (Å²) in [6.45, 7) is 3.55. The summed E-state index contributed by atoms with van der Waals surface area (Å²) in [5.74, 6) is -0.382. The molecule has 0 aliphatic rings. The van der Waals surface area contributed by atoms with Gasteiger partial charge in [-0.1, -0.05) is 13.3 Å². The molecular weight excluding hydrogens is 246 g/mol. The van der Waals surface area contributed by atoms with E-state index in [0.29, 0.717) is 17.5 Å². The summed E-state index contributed by atoms with van der Waals surface area (Å²) in [6.07, 6.45) is 1.37. The maximum Gasteiger partial charge on any atom is 0.269 e. The van der Waals surface area contributed by atoms with Gasteiger partial charge in [0.05, 0.1) is 11.0 Å². The molecule has 19 heavy (non-hydrogen) atoms. The van der Waals surface area contributed by atoms with Gasteiger partial charge in [0, 0.05) is 17.7 Å². The summed E-state index contributed by atoms with van der Waals surface area (Å²) in [7, 11) is 0. The van der Waals surface area contributed by atoms with Crippen LogP contribution in [0.3, 0.4) is 0 Å². The summed E-state index contributed by atoms with van der Waals surface area (Å²) in [5, 5.41) is 22.1. The van der Waals surface area contributed by atoms with Crippen LogP contribution in [0.25, 0.3) is 0 Å². The Morgan fingerprint density at radius 1 is 1.58 bits per heavy atom. The molecule has 0 fully saturated rings. The lowest BCUT2D eigenvalue weighted by Crippen LogP contribution is -2.34. The molecule has 1 aromatic carbocycles. The first-order valence-corrected chi connectivity index (χ1v) is 5.95. The van der Waals surface area contributed by atoms with Crippen molar-refractivity contribution in [2.75, 3.05) is 0 Å². The average Bonchev–Trinajstić information content (AvgIpc) is 2.37. The zero-order valence-electron chi connectivity index (χ0n) is 10.8. The van der Waals surface area contributed by atoms with Crippen molar-refractivity contribution in [1.29, 1.82) is 5.26 Å². The quantitative estimate of drug-likeness (QED) is 0.649. The molecule has 1 rings (SSSR count). The largest absolute Gasteiger partial charge is 0.336 e. The highest BCUT2D eigenvalue weighted by molar-refractivity contribution is 5.96. The Balaban J connectivity index is 2.89. The molecule has 0 spiro atoms. The van der Waals surface area contributed by atoms with Gasteiger partial charge in [-0.15, -0.1) is 0 Å². The number of hydrogen-bond acceptors (Lipinski definition) is 4. The fraction of sp³-hybridized carbons (Fsp3) is 0.385. The topological polar surface area (TPSA) is 96.0 Å². The van der Waals surface area contributed by atoms with Crippen LogP contribution in [0.15, 0.2) is 18.2 Å². The number of aryl methyl sites for hydroxylation is 1. The van der Waals surface area contributed by atoms with E-state index in [-0.39, 0.29) is 11.6 Å². The molecule has 6 heteroatoms. The van der Waals surface area contributed by atoms with Crippen molar-refractivity contribution in [2.24, 2.45) is 0 Å². The van der Waals surface area contributed by atoms with Gasteiger partial charge in [0.1, 0.15) is 6.04 Å². The first-order chi connectivity index (χ1) is 8.99. The maximum absolute atomic E-state index is 12.0. The van der Waals surface area contributed by atoms with E-state index >= 15 is 0 Å². The lowest BCUT2D eigenvalue weighted by atomic mass is 10.1. The Morgan fingerprint density at radius 3 is 2.74 bits per heavy atom. The van der Waals surface area contributed by atoms with Crippen LogP contribution in [0.4, 0.5) is 5.69 Å². The van der Waals surface area contributed by atoms with Crippen molar-refractivity contribution < 1.29 is 9.72 Å². The van der Waals surface area contributed by atoms with E-state index in [9.17, 15) is 14.9 Å². The number of nitro benzene ring substituents is 1. The van der Waals surface area contributed by atoms with Crippen LogP contribution < -0.4 is 5.32 Å². The van der Waals surface area contributed by atoms with Gasteiger partial charge in [0.25, 0.3) is 11.6 Å². The Labute approximate surface area is 111 Å². The van der Waals surface area contributed by atoms with E-state index in [4.69, 9.17) is 5.26 Å². The molecule has 0 heterocycles. The van der Waals surface area contributed by atoms with Gasteiger partial charge in [-0.3, -0.25) is 14.9 Å². The van der Waals surface area contributed by atoms with Gasteiger partial charge < -0.3 is 5.32 Å². The first-order valence-electron chi connectivity index (χ1n) is 5.95. The summed E-state index contributed by atoms with van der Waals surface area (Å²) < 4.78 is 0. The van der Waals surface area contributed by atoms with E-state index in [1.165, 1.54) is 18.2 Å². The Bertz CT molecular complexity index is 534. The minimum Gasteiger partial charge on any atom is -0.336 e. The minimum absolute atomic E-state index is 0.0561. The van der Waals surface area contributed by atoms with Crippen molar-refractivity contribution in [3.63, 3.8) is 0 Å². The molecule has 0 radical (unpaired) electrons. The zero-order valence-corrected chi connectivity index (χ0v) is 10.8. The number of hydrogen-bond donors (Lipinski definition) is 1. The summed E-state index contributed by atoms with van der Waals surface area (Å²) >= 11 is 0. The third kappa shape index (κ3) is 3.78. The number of nitrogens with zero attached hydrogens (tertiary/aromatic N) is 2. The van der Waals surface area contributed by atoms with Gasteiger partial charge in [0.2, 0.25) is 0 Å². The number of carbonyl (C=O) groups is 1. The number of nitro groups is 1. The van der Waals surface area contributed by atoms with Crippen LogP contribution in [-0.2, 0) is 0 Å². The lowest BCUT2D eigenvalue weighted by molar-refractivity contribution is -0.384. The molecule has 0 aliphatic carbocycles. The molecule has 1 unspecified atom stereocenters. The number of nitrogens with one attached hydrogen (secondary N) is 1. The normalized spacial score (nSPS) is 11.4. The molecule has 1 N–H and O–H groups in total. The smallest absolute Gasteiger partial charge is 0.269 e. The van der Waals surface area contributed by atoms with E-state index < -0.39 is 11.0 Å². The summed E-state index contributed by atoms with van der Waals surface area (Å²) in [5.41, 5.74) is 0.807. The first kappa shape index (κ1) is 14.6. The Hall–Kier alpha value is -2.42. The van der Waals surface area contributed by atoms with Crippen molar-refractivity contribution in [3.05, 3.63) is 39.4 Å². The van der Waals surface area contributed by atoms with Crippen LogP contribution in [0.2, 0.25) is 0 Å². The molecule has 0 aromatic heterocycles. The van der Waals surface area contributed by atoms with Gasteiger partial charge in [-0.25, -0.2) is 0 Å². The second-order valence-corrected chi connectivity index (χ2v) is 4.20. The van der Waals surface area contributed by atoms with Crippen LogP contribution in [-0.4, -0.2) is 16.9 Å². The van der Waals surface area contributed by atoms with Crippen molar-refractivity contribution in [1.82, 2.24) is 5.32 Å². The predicted octanol–water partition coefficient (Wildman–Crippen LogP) is 2.33. The third-order valence-electron chi connectivity index (χ3n) is 2.70. The molecular formula is C13H15N3O3. The van der Waals surface area contributed by atoms with Crippen molar-refractivity contribution in [2.45, 2.75) is 32.7 Å². The van der Waals surface area contributed by atoms with Crippen molar-refractivity contribution >= 4 is 11.6 Å². The zero-order chi connectivity index (χ0) is 14.4. The number of amides is 1. The molecule has 0 saturated carbocycles. The maximum atomic E-state index is 12.0. The number of nitriles is 1. The number of non-ortho nitro benzene ring substituents is 1. The monoisotopic (exact) mass is 261 g/mol. The van der Waals surface area contributed by atoms with Gasteiger partial charge in [-0.2, -0.15) is 5.26 Å². The second-order valence-electron chi connectivity index (χ2n) is 4.20. The van der Waals surface area contributed by atoms with Crippen LogP contribution in [0.5, 0.6) is 0 Å². The van der Waals surface area contributed by atoms with Crippen LogP contribution in [0, 0.1) is 28.4 Å². The van der Waals surface area contributed by atoms with E-state index in [0.717, 1.165) is 6.42 Å². The van der Waals surface area contributed by atoms with Crippen LogP contribution in [0.1, 0.15) is 35.7 Å². The fourth-order valence-electron chi connectivity index (χ4n) is 1.71. The lowest BCUT2D eigenvalue weighted by Gasteiger charge is -2.11. The van der Waals surface area contributed by atoms with E-state index in [1.807, 2.05) is 13.0 Å². The summed E-state index contributed by atoms with van der Waals surface area (Å²) in [6, 6.07) is 5.51. The standard InChI is InChI=1S/C13H15N3O3/c1-3-4-10(8-14)15-13(17)12-6-5-11(16(18)19)7-9(12)2/h5-7,10H,3-4H2,1-2H3,(H,15,17). The van der Waals surface area contributed by atoms with E-state index in [1.54, 1.807) is 6.92 Å². The van der Waals surface area contributed by atoms with Crippen molar-refractivity contribution in [3.8, 4) is 6.07 Å². The highest BCUT2D eigenvalue weighted by Crippen LogP contribution is 2.17. The molecule has 1 atom stereocenters. The molecule has 100 valence electrons. The van der Waals surface area contributed by atoms with Gasteiger partial charge >= 0.3 is 0 Å². The molecule has 0 saturated heterocycles. The second kappa shape index (κ2) is 6.50. The number of rotatable bonds is 5. The van der Waals surface area contributed by atoms with Gasteiger partial charge in [0.15, 0.2) is 0 Å². The molecule has 1 amide bonds. The number of carbonyl (C=O) groups excluding carboxylic acids is 1. The fourth-order valence-corrected chi connectivity index (χ4v) is 1.71. The SMILES string of the molecule is CCCC(C#N)NC(=O)c1ccc([N+](=O)[O-])cc1C. The molecule has 6 nitrogen and oxygen atoms in total. The molecule has 0 bridgehead atoms. The summed E-state index contributed by atoms with van der Waals surface area (Å²) in [4.78, 5) is 22.1. The Morgan fingerprint density at radius 2 is 2.26 bits per heavy atom. The predicted molar refractivity (Wildman–Crippen MR) is 69.6 cm³/mol.